The zero-order valence-corrected chi connectivity index (χ0v) is 22.3. The minimum absolute atomic E-state index is 0.0690. The van der Waals surface area contributed by atoms with Crippen LogP contribution in [-0.4, -0.2) is 18.1 Å². The second-order valence-corrected chi connectivity index (χ2v) is 9.87. The molecule has 1 atom stereocenters. The summed E-state index contributed by atoms with van der Waals surface area (Å²) < 4.78 is 44.8. The molecule has 4 rings (SSSR count). The van der Waals surface area contributed by atoms with Gasteiger partial charge in [-0.3, -0.25) is 4.79 Å². The molecule has 1 amide bonds. The molecule has 10 heteroatoms. The van der Waals surface area contributed by atoms with Crippen molar-refractivity contribution in [2.24, 2.45) is 0 Å². The Kier molecular flexibility index (Phi) is 9.11. The van der Waals surface area contributed by atoms with Gasteiger partial charge in [0.1, 0.15) is 11.0 Å². The van der Waals surface area contributed by atoms with E-state index in [0.29, 0.717) is 27.8 Å². The molecular formula is C29H24F3N3O2S2. The number of methoxy groups -OCH3 is 1. The number of hydrogen-bond donors (Lipinski definition) is 3. The molecule has 3 N–H and O–H groups in total. The van der Waals surface area contributed by atoms with Crippen LogP contribution >= 0.6 is 24.0 Å². The van der Waals surface area contributed by atoms with Crippen molar-refractivity contribution in [3.05, 3.63) is 114 Å². The number of thioether (sulfide) groups is 1. The Balaban J connectivity index is 1.51. The molecule has 0 radical (unpaired) electrons. The number of rotatable bonds is 8. The number of thiocarbonyl (C=S) groups is 1. The first-order chi connectivity index (χ1) is 18.7. The fourth-order valence-corrected chi connectivity index (χ4v) is 5.01. The normalized spacial score (nSPS) is 11.8. The first kappa shape index (κ1) is 28.0. The SMILES string of the molecule is COc1ccccc1NC(=S)Nc1cccc(SC(C(=O)Nc2cccc(C(F)(F)F)c2)c2ccccc2)c1. The highest BCUT2D eigenvalue weighted by Crippen LogP contribution is 2.38. The van der Waals surface area contributed by atoms with Gasteiger partial charge in [0.05, 0.1) is 18.4 Å². The van der Waals surface area contributed by atoms with E-state index >= 15 is 0 Å². The van der Waals surface area contributed by atoms with Gasteiger partial charge in [-0.25, -0.2) is 0 Å². The van der Waals surface area contributed by atoms with E-state index in [0.717, 1.165) is 17.0 Å². The second kappa shape index (κ2) is 12.7. The summed E-state index contributed by atoms with van der Waals surface area (Å²) >= 11 is 6.73. The third kappa shape index (κ3) is 7.75. The second-order valence-electron chi connectivity index (χ2n) is 8.28. The quantitative estimate of drug-likeness (QED) is 0.148. The maximum atomic E-state index is 13.3. The van der Waals surface area contributed by atoms with E-state index in [-0.39, 0.29) is 5.69 Å². The molecular weight excluding hydrogens is 543 g/mol. The van der Waals surface area contributed by atoms with Gasteiger partial charge in [0, 0.05) is 16.3 Å². The molecule has 1 unspecified atom stereocenters. The van der Waals surface area contributed by atoms with Crippen LogP contribution in [0, 0.1) is 0 Å². The van der Waals surface area contributed by atoms with Gasteiger partial charge in [0.2, 0.25) is 5.91 Å². The molecule has 0 spiro atoms. The van der Waals surface area contributed by atoms with Crippen molar-refractivity contribution in [2.45, 2.75) is 16.3 Å². The molecule has 0 aliphatic carbocycles. The summed E-state index contributed by atoms with van der Waals surface area (Å²) in [5.41, 5.74) is 1.34. The summed E-state index contributed by atoms with van der Waals surface area (Å²) in [7, 11) is 1.57. The van der Waals surface area contributed by atoms with Gasteiger partial charge < -0.3 is 20.7 Å². The zero-order chi connectivity index (χ0) is 27.8. The van der Waals surface area contributed by atoms with Crippen LogP contribution in [0.25, 0.3) is 0 Å². The Labute approximate surface area is 233 Å². The lowest BCUT2D eigenvalue weighted by atomic mass is 10.1. The number of halogens is 3. The Morgan fingerprint density at radius 1 is 0.821 bits per heavy atom. The molecule has 0 aliphatic heterocycles. The number of benzene rings is 4. The van der Waals surface area contributed by atoms with Gasteiger partial charge in [-0.2, -0.15) is 13.2 Å². The Morgan fingerprint density at radius 3 is 2.21 bits per heavy atom. The lowest BCUT2D eigenvalue weighted by Gasteiger charge is -2.18. The van der Waals surface area contributed by atoms with Crippen molar-refractivity contribution in [3.8, 4) is 5.75 Å². The van der Waals surface area contributed by atoms with Crippen molar-refractivity contribution < 1.29 is 22.7 Å². The van der Waals surface area contributed by atoms with Crippen LogP contribution < -0.4 is 20.7 Å². The van der Waals surface area contributed by atoms with E-state index in [1.54, 1.807) is 31.4 Å². The van der Waals surface area contributed by atoms with Crippen LogP contribution in [0.15, 0.2) is 108 Å². The summed E-state index contributed by atoms with van der Waals surface area (Å²) in [6, 6.07) is 28.3. The molecule has 4 aromatic carbocycles. The predicted molar refractivity (Wildman–Crippen MR) is 154 cm³/mol. The van der Waals surface area contributed by atoms with Crippen LogP contribution in [0.5, 0.6) is 5.75 Å². The minimum Gasteiger partial charge on any atom is -0.495 e. The molecule has 0 heterocycles. The van der Waals surface area contributed by atoms with Crippen LogP contribution in [0.4, 0.5) is 30.2 Å². The topological polar surface area (TPSA) is 62.4 Å². The molecule has 39 heavy (non-hydrogen) atoms. The van der Waals surface area contributed by atoms with E-state index in [1.165, 1.54) is 23.9 Å². The molecule has 200 valence electrons. The van der Waals surface area contributed by atoms with E-state index in [9.17, 15) is 18.0 Å². The summed E-state index contributed by atoms with van der Waals surface area (Å²) in [6.45, 7) is 0. The number of carbonyl (C=O) groups is 1. The molecule has 4 aromatic rings. The lowest BCUT2D eigenvalue weighted by molar-refractivity contribution is -0.137. The smallest absolute Gasteiger partial charge is 0.416 e. The maximum Gasteiger partial charge on any atom is 0.416 e. The Bertz CT molecular complexity index is 1450. The standard InChI is InChI=1S/C29H24F3N3O2S2/c1-37-25-16-6-5-15-24(25)35-28(38)34-22-13-8-14-23(18-22)39-26(19-9-3-2-4-10-19)27(36)33-21-12-7-11-20(17-21)29(30,31)32/h2-18,26H,1H3,(H,33,36)(H2,34,35,38). The van der Waals surface area contributed by atoms with Gasteiger partial charge in [0.15, 0.2) is 5.11 Å². The molecule has 0 bridgehead atoms. The Hall–Kier alpha value is -4.02. The summed E-state index contributed by atoms with van der Waals surface area (Å²) in [4.78, 5) is 14.1. The highest BCUT2D eigenvalue weighted by Gasteiger charge is 2.31. The van der Waals surface area contributed by atoms with Crippen LogP contribution in [0.2, 0.25) is 0 Å². The molecule has 5 nitrogen and oxygen atoms in total. The highest BCUT2D eigenvalue weighted by atomic mass is 32.2. The highest BCUT2D eigenvalue weighted by molar-refractivity contribution is 8.00. The number of hydrogen-bond acceptors (Lipinski definition) is 4. The maximum absolute atomic E-state index is 13.3. The average molecular weight is 568 g/mol. The first-order valence-corrected chi connectivity index (χ1v) is 13.0. The monoisotopic (exact) mass is 567 g/mol. The first-order valence-electron chi connectivity index (χ1n) is 11.7. The van der Waals surface area contributed by atoms with Crippen molar-refractivity contribution in [2.75, 3.05) is 23.1 Å². The fourth-order valence-electron chi connectivity index (χ4n) is 3.70. The van der Waals surface area contributed by atoms with Gasteiger partial charge >= 0.3 is 6.18 Å². The van der Waals surface area contributed by atoms with Crippen molar-refractivity contribution in [1.29, 1.82) is 0 Å². The molecule has 0 saturated heterocycles. The Morgan fingerprint density at radius 2 is 1.49 bits per heavy atom. The van der Waals surface area contributed by atoms with E-state index in [1.807, 2.05) is 54.6 Å². The zero-order valence-electron chi connectivity index (χ0n) is 20.7. The number of nitrogens with one attached hydrogen (secondary N) is 3. The number of anilines is 3. The average Bonchev–Trinajstić information content (AvgIpc) is 2.92. The summed E-state index contributed by atoms with van der Waals surface area (Å²) in [5, 5.41) is 8.49. The predicted octanol–water partition coefficient (Wildman–Crippen LogP) is 8.00. The third-order valence-corrected chi connectivity index (χ3v) is 6.95. The molecule has 0 aliphatic rings. The van der Waals surface area contributed by atoms with Crippen molar-refractivity contribution in [3.63, 3.8) is 0 Å². The summed E-state index contributed by atoms with van der Waals surface area (Å²) in [6.07, 6.45) is -4.51. The fraction of sp³-hybridized carbons (Fsp3) is 0.103. The molecule has 0 fully saturated rings. The minimum atomic E-state index is -4.51. The van der Waals surface area contributed by atoms with Gasteiger partial charge in [-0.15, -0.1) is 11.8 Å². The number of ether oxygens (including phenoxy) is 1. The van der Waals surface area contributed by atoms with Gasteiger partial charge in [-0.05, 0) is 66.3 Å². The van der Waals surface area contributed by atoms with Crippen molar-refractivity contribution >= 4 is 52.1 Å². The number of amides is 1. The third-order valence-electron chi connectivity index (χ3n) is 5.50. The molecule has 0 aromatic heterocycles. The van der Waals surface area contributed by atoms with Gasteiger partial charge in [0.25, 0.3) is 0 Å². The largest absolute Gasteiger partial charge is 0.495 e. The lowest BCUT2D eigenvalue weighted by Crippen LogP contribution is -2.20. The van der Waals surface area contributed by atoms with E-state index < -0.39 is 22.9 Å². The van der Waals surface area contributed by atoms with Crippen LogP contribution in [0.3, 0.4) is 0 Å². The van der Waals surface area contributed by atoms with E-state index in [4.69, 9.17) is 17.0 Å². The number of para-hydroxylation sites is 2. The summed E-state index contributed by atoms with van der Waals surface area (Å²) in [5.74, 6) is 0.195. The van der Waals surface area contributed by atoms with Gasteiger partial charge in [-0.1, -0.05) is 54.6 Å². The van der Waals surface area contributed by atoms with E-state index in [2.05, 4.69) is 16.0 Å². The van der Waals surface area contributed by atoms with Crippen LogP contribution in [0.1, 0.15) is 16.4 Å². The number of carbonyl (C=O) groups excluding carboxylic acids is 1. The van der Waals surface area contributed by atoms with Crippen molar-refractivity contribution in [1.82, 2.24) is 0 Å². The molecule has 0 saturated carbocycles. The van der Waals surface area contributed by atoms with Crippen LogP contribution in [-0.2, 0) is 11.0 Å². The number of alkyl halides is 3.